The molecule has 0 radical (unpaired) electrons. The van der Waals surface area contributed by atoms with Crippen LogP contribution in [0.25, 0.3) is 12.2 Å². The zero-order valence-electron chi connectivity index (χ0n) is 34.7. The number of methoxy groups -OCH3 is 2. The quantitative estimate of drug-likeness (QED) is 0.0861. The van der Waals surface area contributed by atoms with Crippen molar-refractivity contribution in [3.8, 4) is 17.2 Å². The van der Waals surface area contributed by atoms with E-state index in [1.807, 2.05) is 130 Å². The molecule has 6 atom stereocenters. The molecule has 2 N–H and O–H groups in total. The molecule has 61 heavy (non-hydrogen) atoms. The fourth-order valence-electron chi connectivity index (χ4n) is 10.4. The molecule has 2 aliphatic heterocycles. The maximum absolute atomic E-state index is 15.5. The highest BCUT2D eigenvalue weighted by molar-refractivity contribution is 6.22. The monoisotopic (exact) mass is 813 g/mol. The van der Waals surface area contributed by atoms with Crippen LogP contribution in [-0.4, -0.2) is 48.0 Å². The van der Waals surface area contributed by atoms with Gasteiger partial charge < -0.3 is 14.6 Å². The molecule has 3 fully saturated rings. The molecule has 10 nitrogen and oxygen atoms in total. The van der Waals surface area contributed by atoms with E-state index in [4.69, 9.17) is 9.47 Å². The molecule has 2 heterocycles. The van der Waals surface area contributed by atoms with Crippen LogP contribution >= 0.6 is 0 Å². The van der Waals surface area contributed by atoms with Crippen LogP contribution in [0.5, 0.6) is 17.2 Å². The van der Waals surface area contributed by atoms with Crippen molar-refractivity contribution in [1.82, 2.24) is 5.01 Å². The lowest BCUT2D eigenvalue weighted by Crippen LogP contribution is -2.53. The Labute approximate surface area is 355 Å². The Morgan fingerprint density at radius 2 is 1.46 bits per heavy atom. The Morgan fingerprint density at radius 3 is 2.13 bits per heavy atom. The van der Waals surface area contributed by atoms with Crippen molar-refractivity contribution < 1.29 is 33.8 Å². The number of rotatable bonds is 9. The molecule has 10 heteroatoms. The Kier molecular flexibility index (Phi) is 9.89. The molecule has 4 aliphatic rings. The number of imide groups is 2. The summed E-state index contributed by atoms with van der Waals surface area (Å²) in [6.45, 7) is 5.62. The number of phenolic OH excluding ortho intramolecular Hbond substituents is 1. The van der Waals surface area contributed by atoms with Crippen LogP contribution in [-0.2, 0) is 24.6 Å². The number of benzene rings is 5. The fraction of sp³-hybridized carbons (Fsp3) is 0.255. The third-order valence-electron chi connectivity index (χ3n) is 13.3. The van der Waals surface area contributed by atoms with Gasteiger partial charge in [0, 0.05) is 11.5 Å². The lowest BCUT2D eigenvalue weighted by molar-refractivity contribution is -0.138. The molecule has 1 saturated carbocycles. The summed E-state index contributed by atoms with van der Waals surface area (Å²) in [6.07, 6.45) is 6.39. The first-order valence-corrected chi connectivity index (χ1v) is 20.6. The number of phenols is 1. The molecule has 0 spiro atoms. The van der Waals surface area contributed by atoms with E-state index in [9.17, 15) is 14.7 Å². The van der Waals surface area contributed by atoms with E-state index in [0.717, 1.165) is 27.8 Å². The van der Waals surface area contributed by atoms with Crippen molar-refractivity contribution >= 4 is 47.2 Å². The maximum atomic E-state index is 15.5. The lowest BCUT2D eigenvalue weighted by Gasteiger charge is -2.50. The van der Waals surface area contributed by atoms with Crippen molar-refractivity contribution in [1.29, 1.82) is 0 Å². The van der Waals surface area contributed by atoms with E-state index in [1.165, 1.54) is 9.91 Å². The second-order valence-corrected chi connectivity index (χ2v) is 16.6. The Bertz CT molecular complexity index is 2630. The molecule has 308 valence electrons. The third kappa shape index (κ3) is 6.31. The van der Waals surface area contributed by atoms with Crippen molar-refractivity contribution in [2.24, 2.45) is 23.7 Å². The van der Waals surface area contributed by atoms with Gasteiger partial charge in [-0.05, 0) is 110 Å². The minimum atomic E-state index is -1.40. The number of hydrogen-bond donors (Lipinski definition) is 2. The average molecular weight is 814 g/mol. The van der Waals surface area contributed by atoms with E-state index in [0.29, 0.717) is 46.0 Å². The molecule has 0 bridgehead atoms. The van der Waals surface area contributed by atoms with Gasteiger partial charge in [-0.25, -0.2) is 0 Å². The zero-order chi connectivity index (χ0) is 42.7. The summed E-state index contributed by atoms with van der Waals surface area (Å²) in [5.74, 6) is -3.30. The third-order valence-corrected chi connectivity index (χ3v) is 13.3. The number of allylic oxidation sites excluding steroid dienone is 2. The van der Waals surface area contributed by atoms with Gasteiger partial charge in [-0.2, -0.15) is 5.01 Å². The molecule has 2 aliphatic carbocycles. The van der Waals surface area contributed by atoms with E-state index in [-0.39, 0.29) is 24.0 Å². The molecule has 0 aromatic heterocycles. The number of ether oxygens (including phenoxy) is 2. The van der Waals surface area contributed by atoms with Gasteiger partial charge in [-0.1, -0.05) is 96.1 Å². The zero-order valence-corrected chi connectivity index (χ0v) is 34.7. The number of anilines is 2. The summed E-state index contributed by atoms with van der Waals surface area (Å²) in [7, 11) is 3.22. The minimum Gasteiger partial charge on any atom is -0.507 e. The summed E-state index contributed by atoms with van der Waals surface area (Å²) < 4.78 is 10.9. The number of hydrazine groups is 1. The second kappa shape index (κ2) is 15.3. The van der Waals surface area contributed by atoms with Gasteiger partial charge in [-0.3, -0.25) is 29.5 Å². The molecule has 2 saturated heterocycles. The summed E-state index contributed by atoms with van der Waals surface area (Å²) in [4.78, 5) is 61.1. The van der Waals surface area contributed by atoms with Gasteiger partial charge in [0.05, 0.1) is 48.8 Å². The van der Waals surface area contributed by atoms with Crippen molar-refractivity contribution in [3.05, 3.63) is 160 Å². The fourth-order valence-corrected chi connectivity index (χ4v) is 10.4. The summed E-state index contributed by atoms with van der Waals surface area (Å²) >= 11 is 0. The first-order valence-electron chi connectivity index (χ1n) is 20.6. The van der Waals surface area contributed by atoms with Crippen LogP contribution in [0.1, 0.15) is 57.7 Å². The predicted octanol–water partition coefficient (Wildman–Crippen LogP) is 8.69. The molecule has 5 aromatic carbocycles. The minimum absolute atomic E-state index is 0.157. The number of aromatic hydroxyl groups is 1. The van der Waals surface area contributed by atoms with Crippen LogP contribution in [0.2, 0.25) is 0 Å². The van der Waals surface area contributed by atoms with Gasteiger partial charge >= 0.3 is 0 Å². The summed E-state index contributed by atoms with van der Waals surface area (Å²) in [6, 6.07) is 33.6. The van der Waals surface area contributed by atoms with Crippen LogP contribution in [0, 0.1) is 44.4 Å². The predicted molar refractivity (Wildman–Crippen MR) is 234 cm³/mol. The average Bonchev–Trinajstić information content (AvgIpc) is 3.66. The van der Waals surface area contributed by atoms with Gasteiger partial charge in [-0.15, -0.1) is 0 Å². The normalized spacial score (nSPS) is 24.4. The van der Waals surface area contributed by atoms with Crippen LogP contribution in [0.4, 0.5) is 11.4 Å². The number of amides is 4. The van der Waals surface area contributed by atoms with E-state index < -0.39 is 46.8 Å². The summed E-state index contributed by atoms with van der Waals surface area (Å²) in [5, 5.41) is 12.1. The lowest BCUT2D eigenvalue weighted by atomic mass is 9.49. The number of nitrogens with one attached hydrogen (secondary N) is 1. The van der Waals surface area contributed by atoms with E-state index in [2.05, 4.69) is 11.5 Å². The smallest absolute Gasteiger partial charge is 0.260 e. The highest BCUT2D eigenvalue weighted by Crippen LogP contribution is 2.64. The maximum Gasteiger partial charge on any atom is 0.260 e. The van der Waals surface area contributed by atoms with Crippen LogP contribution < -0.4 is 19.8 Å². The van der Waals surface area contributed by atoms with Gasteiger partial charge in [0.2, 0.25) is 11.8 Å². The van der Waals surface area contributed by atoms with Crippen molar-refractivity contribution in [3.63, 3.8) is 0 Å². The number of aryl methyl sites for hydroxylation is 3. The first kappa shape index (κ1) is 39.5. The molecule has 9 rings (SSSR count). The Balaban J connectivity index is 1.11. The van der Waals surface area contributed by atoms with Crippen LogP contribution in [0.3, 0.4) is 0 Å². The number of hydrogen-bond acceptors (Lipinski definition) is 8. The first-order chi connectivity index (χ1) is 29.5. The molecular formula is C51H47N3O7. The number of fused-ring (bicyclic) bond motifs is 4. The Hall–Kier alpha value is -6.94. The van der Waals surface area contributed by atoms with Gasteiger partial charge in [0.25, 0.3) is 11.8 Å². The molecule has 5 aromatic rings. The van der Waals surface area contributed by atoms with Crippen molar-refractivity contribution in [2.75, 3.05) is 24.5 Å². The summed E-state index contributed by atoms with van der Waals surface area (Å²) in [5.41, 5.74) is 9.13. The SMILES string of the molecule is COc1ccc(OC)c(C=Cc2ccc(N3C(=O)C4CC=C5C(CC6C(=O)N(Nc7ccc(C)cc7)C(=O)C6(c6ccccc6)C5c5cc(C)c(O)c(C)c5)C4C3=O)cc2)c1. The molecule has 4 amide bonds. The Morgan fingerprint density at radius 1 is 0.754 bits per heavy atom. The molecule has 6 unspecified atom stereocenters. The van der Waals surface area contributed by atoms with E-state index in [1.54, 1.807) is 26.4 Å². The molecular weight excluding hydrogens is 767 g/mol. The van der Waals surface area contributed by atoms with Crippen molar-refractivity contribution in [2.45, 2.75) is 44.9 Å². The standard InChI is InChI=1S/C51H47N3O7/c1-29-11-17-36(18-12-29)52-54-48(57)42-28-41-39(45(34-25-30(2)46(55)31(3)26-34)51(42,50(54)59)35-9-7-6-8-10-35)22-23-40-44(41)49(58)53(47(40)56)37-19-14-32(15-20-37)13-16-33-27-38(60-4)21-24-43(33)61-5/h6-22,24-27,40-42,44-45,52,55H,23,28H2,1-5H3. The number of nitrogens with zero attached hydrogens (tertiary/aromatic N) is 2. The topological polar surface area (TPSA) is 125 Å². The second-order valence-electron chi connectivity index (χ2n) is 16.6. The van der Waals surface area contributed by atoms with Gasteiger partial charge in [0.1, 0.15) is 17.2 Å². The number of carbonyl (C=O) groups excluding carboxylic acids is 4. The van der Waals surface area contributed by atoms with Crippen LogP contribution in [0.15, 0.2) is 121 Å². The van der Waals surface area contributed by atoms with Gasteiger partial charge in [0.15, 0.2) is 0 Å². The largest absolute Gasteiger partial charge is 0.507 e. The highest BCUT2D eigenvalue weighted by atomic mass is 16.5. The number of carbonyl (C=O) groups is 4. The highest BCUT2D eigenvalue weighted by Gasteiger charge is 2.70. The van der Waals surface area contributed by atoms with E-state index >= 15 is 9.59 Å².